The molecule has 6 heteroatoms. The van der Waals surface area contributed by atoms with Gasteiger partial charge in [-0.1, -0.05) is 49.4 Å². The molecule has 140 valence electrons. The first-order valence-electron chi connectivity index (χ1n) is 8.42. The van der Waals surface area contributed by atoms with Gasteiger partial charge >= 0.3 is 6.18 Å². The topological polar surface area (TPSA) is 32.3 Å². The third-order valence-corrected chi connectivity index (χ3v) is 4.12. The highest BCUT2D eigenvalue weighted by molar-refractivity contribution is 5.78. The van der Waals surface area contributed by atoms with Crippen LogP contribution in [0.4, 0.5) is 13.2 Å². The Bertz CT molecular complexity index is 699. The first-order valence-corrected chi connectivity index (χ1v) is 8.42. The predicted molar refractivity (Wildman–Crippen MR) is 95.6 cm³/mol. The summed E-state index contributed by atoms with van der Waals surface area (Å²) in [4.78, 5) is 13.8. The molecular weight excluding hydrogens is 341 g/mol. The first-order chi connectivity index (χ1) is 12.3. The number of hydrogen-bond acceptors (Lipinski definition) is 2. The molecule has 2 aromatic carbocycles. The van der Waals surface area contributed by atoms with Crippen molar-refractivity contribution in [3.63, 3.8) is 0 Å². The number of alkyl halides is 3. The molecular formula is C20H23F3N2O. The van der Waals surface area contributed by atoms with E-state index in [2.05, 4.69) is 5.32 Å². The monoisotopic (exact) mass is 364 g/mol. The number of hydrogen-bond donors (Lipinski definition) is 1. The van der Waals surface area contributed by atoms with Crippen molar-refractivity contribution in [2.24, 2.45) is 0 Å². The predicted octanol–water partition coefficient (Wildman–Crippen LogP) is 4.06. The molecule has 1 amide bonds. The highest BCUT2D eigenvalue weighted by Gasteiger charge is 2.29. The second-order valence-corrected chi connectivity index (χ2v) is 6.48. The standard InChI is InChI=1S/C20H23F3N2O/c1-15(17-6-4-3-5-7-17)12-24-19(26)14-25(2)13-16-8-10-18(11-9-16)20(21,22)23/h3-11,15H,12-14H2,1-2H3,(H,24,26)/t15-/m1/s1. The van der Waals surface area contributed by atoms with Crippen LogP contribution < -0.4 is 5.32 Å². The lowest BCUT2D eigenvalue weighted by atomic mass is 10.0. The van der Waals surface area contributed by atoms with Crippen LogP contribution in [0.2, 0.25) is 0 Å². The Hall–Kier alpha value is -2.34. The van der Waals surface area contributed by atoms with E-state index in [-0.39, 0.29) is 18.4 Å². The number of rotatable bonds is 7. The Kier molecular flexibility index (Phi) is 6.80. The highest BCUT2D eigenvalue weighted by Crippen LogP contribution is 2.29. The number of carbonyl (C=O) groups excluding carboxylic acids is 1. The minimum Gasteiger partial charge on any atom is -0.354 e. The third-order valence-electron chi connectivity index (χ3n) is 4.12. The summed E-state index contributed by atoms with van der Waals surface area (Å²) in [5.41, 5.74) is 1.22. The maximum absolute atomic E-state index is 12.6. The minimum absolute atomic E-state index is 0.109. The smallest absolute Gasteiger partial charge is 0.354 e. The Morgan fingerprint density at radius 2 is 1.69 bits per heavy atom. The Morgan fingerprint density at radius 3 is 2.27 bits per heavy atom. The molecule has 0 saturated heterocycles. The Labute approximate surface area is 151 Å². The fourth-order valence-corrected chi connectivity index (χ4v) is 2.63. The van der Waals surface area contributed by atoms with E-state index >= 15 is 0 Å². The maximum atomic E-state index is 12.6. The number of benzene rings is 2. The van der Waals surface area contributed by atoms with Crippen molar-refractivity contribution < 1.29 is 18.0 Å². The van der Waals surface area contributed by atoms with E-state index in [1.807, 2.05) is 37.3 Å². The van der Waals surface area contributed by atoms with Gasteiger partial charge < -0.3 is 5.32 Å². The molecule has 0 aliphatic heterocycles. The second kappa shape index (κ2) is 8.85. The number of amides is 1. The van der Waals surface area contributed by atoms with Crippen molar-refractivity contribution in [1.82, 2.24) is 10.2 Å². The summed E-state index contributed by atoms with van der Waals surface area (Å²) in [7, 11) is 1.76. The summed E-state index contributed by atoms with van der Waals surface area (Å²) in [6.07, 6.45) is -4.33. The van der Waals surface area contributed by atoms with E-state index in [1.54, 1.807) is 11.9 Å². The molecule has 3 nitrogen and oxygen atoms in total. The molecule has 0 fully saturated rings. The molecule has 0 spiro atoms. The van der Waals surface area contributed by atoms with Crippen LogP contribution in [0.25, 0.3) is 0 Å². The van der Waals surface area contributed by atoms with E-state index in [0.29, 0.717) is 13.1 Å². The zero-order chi connectivity index (χ0) is 19.2. The average molecular weight is 364 g/mol. The third kappa shape index (κ3) is 6.19. The van der Waals surface area contributed by atoms with Crippen LogP contribution in [0.3, 0.4) is 0 Å². The second-order valence-electron chi connectivity index (χ2n) is 6.48. The molecule has 0 aliphatic rings. The molecule has 26 heavy (non-hydrogen) atoms. The maximum Gasteiger partial charge on any atom is 0.416 e. The van der Waals surface area contributed by atoms with Crippen LogP contribution in [0.15, 0.2) is 54.6 Å². The Morgan fingerprint density at radius 1 is 1.08 bits per heavy atom. The van der Waals surface area contributed by atoms with Gasteiger partial charge in [-0.25, -0.2) is 0 Å². The molecule has 0 unspecified atom stereocenters. The molecule has 0 radical (unpaired) electrons. The summed E-state index contributed by atoms with van der Waals surface area (Å²) < 4.78 is 37.7. The molecule has 0 bridgehead atoms. The highest BCUT2D eigenvalue weighted by atomic mass is 19.4. The summed E-state index contributed by atoms with van der Waals surface area (Å²) in [5, 5.41) is 2.90. The van der Waals surface area contributed by atoms with Gasteiger partial charge in [-0.3, -0.25) is 9.69 Å². The van der Waals surface area contributed by atoms with E-state index in [9.17, 15) is 18.0 Å². The molecule has 0 aliphatic carbocycles. The average Bonchev–Trinajstić information content (AvgIpc) is 2.60. The van der Waals surface area contributed by atoms with Gasteiger partial charge in [-0.2, -0.15) is 13.2 Å². The van der Waals surface area contributed by atoms with Crippen LogP contribution >= 0.6 is 0 Å². The number of nitrogens with zero attached hydrogens (tertiary/aromatic N) is 1. The number of nitrogens with one attached hydrogen (secondary N) is 1. The molecule has 0 heterocycles. The van der Waals surface area contributed by atoms with Crippen molar-refractivity contribution in [2.75, 3.05) is 20.1 Å². The zero-order valence-corrected chi connectivity index (χ0v) is 14.9. The normalized spacial score (nSPS) is 12.8. The van der Waals surface area contributed by atoms with Gasteiger partial charge in [0.05, 0.1) is 12.1 Å². The Balaban J connectivity index is 1.78. The van der Waals surface area contributed by atoms with Crippen LogP contribution in [-0.4, -0.2) is 30.9 Å². The summed E-state index contributed by atoms with van der Waals surface area (Å²) in [5.74, 6) is 0.0996. The zero-order valence-electron chi connectivity index (χ0n) is 14.9. The van der Waals surface area contributed by atoms with Crippen LogP contribution in [0.5, 0.6) is 0 Å². The van der Waals surface area contributed by atoms with Crippen LogP contribution in [0.1, 0.15) is 29.5 Å². The summed E-state index contributed by atoms with van der Waals surface area (Å²) in [6.45, 7) is 3.17. The van der Waals surface area contributed by atoms with Gasteiger partial charge in [0.1, 0.15) is 0 Å². The molecule has 2 aromatic rings. The summed E-state index contributed by atoms with van der Waals surface area (Å²) >= 11 is 0. The van der Waals surface area contributed by atoms with Crippen molar-refractivity contribution in [3.8, 4) is 0 Å². The quantitative estimate of drug-likeness (QED) is 0.804. The van der Waals surface area contributed by atoms with Crippen LogP contribution in [0, 0.1) is 0 Å². The van der Waals surface area contributed by atoms with E-state index in [4.69, 9.17) is 0 Å². The van der Waals surface area contributed by atoms with Gasteiger partial charge in [0.15, 0.2) is 0 Å². The van der Waals surface area contributed by atoms with Crippen molar-refractivity contribution in [3.05, 3.63) is 71.3 Å². The fourth-order valence-electron chi connectivity index (χ4n) is 2.63. The summed E-state index contributed by atoms with van der Waals surface area (Å²) in [6, 6.07) is 14.9. The lowest BCUT2D eigenvalue weighted by molar-refractivity contribution is -0.137. The van der Waals surface area contributed by atoms with Gasteiger partial charge in [0.2, 0.25) is 5.91 Å². The van der Waals surface area contributed by atoms with Crippen molar-refractivity contribution >= 4 is 5.91 Å². The molecule has 2 rings (SSSR count). The number of carbonyl (C=O) groups is 1. The van der Waals surface area contributed by atoms with Gasteiger partial charge in [0.25, 0.3) is 0 Å². The van der Waals surface area contributed by atoms with Crippen molar-refractivity contribution in [1.29, 1.82) is 0 Å². The van der Waals surface area contributed by atoms with Gasteiger partial charge in [-0.15, -0.1) is 0 Å². The SMILES string of the molecule is C[C@H](CNC(=O)CN(C)Cc1ccc(C(F)(F)F)cc1)c1ccccc1. The van der Waals surface area contributed by atoms with E-state index < -0.39 is 11.7 Å². The molecule has 1 atom stereocenters. The van der Waals surface area contributed by atoms with E-state index in [1.165, 1.54) is 12.1 Å². The van der Waals surface area contributed by atoms with Crippen molar-refractivity contribution in [2.45, 2.75) is 25.6 Å². The molecule has 0 aromatic heterocycles. The number of likely N-dealkylation sites (N-methyl/N-ethyl adjacent to an activating group) is 1. The lowest BCUT2D eigenvalue weighted by Gasteiger charge is -2.18. The first kappa shape index (κ1) is 20.0. The van der Waals surface area contributed by atoms with Crippen LogP contribution in [-0.2, 0) is 17.5 Å². The lowest BCUT2D eigenvalue weighted by Crippen LogP contribution is -2.36. The largest absolute Gasteiger partial charge is 0.416 e. The molecule has 1 N–H and O–H groups in total. The molecule has 0 saturated carbocycles. The minimum atomic E-state index is -4.33. The van der Waals surface area contributed by atoms with Gasteiger partial charge in [0, 0.05) is 13.1 Å². The number of halogens is 3. The van der Waals surface area contributed by atoms with Gasteiger partial charge in [-0.05, 0) is 36.2 Å². The van der Waals surface area contributed by atoms with E-state index in [0.717, 1.165) is 23.3 Å². The fraction of sp³-hybridized carbons (Fsp3) is 0.350.